The number of aromatic nitrogens is 2. The van der Waals surface area contributed by atoms with Crippen LogP contribution in [0.25, 0.3) is 0 Å². The van der Waals surface area contributed by atoms with Gasteiger partial charge < -0.3 is 10.6 Å². The van der Waals surface area contributed by atoms with Gasteiger partial charge in [0.1, 0.15) is 0 Å². The second-order valence-electron chi connectivity index (χ2n) is 6.08. The van der Waals surface area contributed by atoms with E-state index in [4.69, 9.17) is 5.73 Å². The molecule has 1 saturated heterocycles. The summed E-state index contributed by atoms with van der Waals surface area (Å²) in [5.41, 5.74) is 7.09. The van der Waals surface area contributed by atoms with Gasteiger partial charge in [-0.05, 0) is 25.3 Å². The molecule has 0 aromatic carbocycles. The molecule has 1 aromatic heterocycles. The maximum atomic E-state index is 5.76. The Bertz CT molecular complexity index is 364. The first-order valence-electron chi connectivity index (χ1n) is 6.51. The van der Waals surface area contributed by atoms with Gasteiger partial charge in [0.05, 0.1) is 0 Å². The van der Waals surface area contributed by atoms with Crippen LogP contribution in [0.1, 0.15) is 39.3 Å². The summed E-state index contributed by atoms with van der Waals surface area (Å²) in [4.78, 5) is 2.35. The predicted octanol–water partition coefficient (Wildman–Crippen LogP) is 1.88. The number of hydrogen-bond donors (Lipinski definition) is 2. The van der Waals surface area contributed by atoms with Crippen LogP contribution in [0.3, 0.4) is 0 Å². The minimum Gasteiger partial charge on any atom is -0.355 e. The number of anilines is 1. The highest BCUT2D eigenvalue weighted by molar-refractivity contribution is 5.41. The second kappa shape index (κ2) is 4.69. The van der Waals surface area contributed by atoms with E-state index in [0.29, 0.717) is 5.92 Å². The van der Waals surface area contributed by atoms with Crippen molar-refractivity contribution >= 4 is 5.82 Å². The van der Waals surface area contributed by atoms with Gasteiger partial charge in [-0.3, -0.25) is 5.10 Å². The van der Waals surface area contributed by atoms with E-state index in [-0.39, 0.29) is 5.41 Å². The van der Waals surface area contributed by atoms with Gasteiger partial charge in [0.25, 0.3) is 0 Å². The van der Waals surface area contributed by atoms with Crippen LogP contribution in [0.15, 0.2) is 6.07 Å². The molecule has 1 fully saturated rings. The fourth-order valence-electron chi connectivity index (χ4n) is 2.32. The van der Waals surface area contributed by atoms with Gasteiger partial charge in [-0.15, -0.1) is 0 Å². The van der Waals surface area contributed by atoms with E-state index >= 15 is 0 Å². The molecular formula is C13H24N4. The van der Waals surface area contributed by atoms with Crippen LogP contribution < -0.4 is 10.6 Å². The minimum absolute atomic E-state index is 0.133. The summed E-state index contributed by atoms with van der Waals surface area (Å²) in [7, 11) is 0. The lowest BCUT2D eigenvalue weighted by Gasteiger charge is -2.32. The van der Waals surface area contributed by atoms with Crippen molar-refractivity contribution in [1.82, 2.24) is 10.2 Å². The van der Waals surface area contributed by atoms with Crippen molar-refractivity contribution in [1.29, 1.82) is 0 Å². The Balaban J connectivity index is 2.09. The number of nitrogens with two attached hydrogens (primary N) is 1. The predicted molar refractivity (Wildman–Crippen MR) is 71.3 cm³/mol. The van der Waals surface area contributed by atoms with E-state index in [1.807, 2.05) is 0 Å². The number of H-pyrrole nitrogens is 1. The number of hydrogen-bond acceptors (Lipinski definition) is 3. The molecule has 0 saturated carbocycles. The van der Waals surface area contributed by atoms with E-state index in [9.17, 15) is 0 Å². The van der Waals surface area contributed by atoms with Crippen molar-refractivity contribution in [3.63, 3.8) is 0 Å². The van der Waals surface area contributed by atoms with Crippen molar-refractivity contribution in [2.24, 2.45) is 11.7 Å². The molecule has 96 valence electrons. The summed E-state index contributed by atoms with van der Waals surface area (Å²) >= 11 is 0. The molecule has 0 unspecified atom stereocenters. The summed E-state index contributed by atoms with van der Waals surface area (Å²) < 4.78 is 0. The molecule has 0 spiro atoms. The highest BCUT2D eigenvalue weighted by atomic mass is 15.3. The fraction of sp³-hybridized carbons (Fsp3) is 0.769. The van der Waals surface area contributed by atoms with Crippen molar-refractivity contribution in [3.8, 4) is 0 Å². The average Bonchev–Trinajstić information content (AvgIpc) is 2.78. The Morgan fingerprint density at radius 2 is 2.29 bits per heavy atom. The standard InChI is InChI=1S/C13H24N4/c1-13(2,3)11-7-12(16-15-11)17-6-4-5-10(8-14)9-17/h7,10H,4-6,8-9,14H2,1-3H3,(H,15,16)/t10-/m0/s1. The van der Waals surface area contributed by atoms with E-state index < -0.39 is 0 Å². The van der Waals surface area contributed by atoms with Crippen LogP contribution in [-0.4, -0.2) is 29.8 Å². The van der Waals surface area contributed by atoms with E-state index in [2.05, 4.69) is 41.9 Å². The van der Waals surface area contributed by atoms with Crippen LogP contribution >= 0.6 is 0 Å². The second-order valence-corrected chi connectivity index (χ2v) is 6.08. The van der Waals surface area contributed by atoms with Crippen LogP contribution in [-0.2, 0) is 5.41 Å². The molecule has 0 aliphatic carbocycles. The molecule has 0 amide bonds. The van der Waals surface area contributed by atoms with Crippen molar-refractivity contribution in [2.75, 3.05) is 24.5 Å². The first kappa shape index (κ1) is 12.4. The summed E-state index contributed by atoms with van der Waals surface area (Å²) in [5, 5.41) is 7.59. The maximum absolute atomic E-state index is 5.76. The molecule has 2 heterocycles. The van der Waals surface area contributed by atoms with Gasteiger partial charge in [-0.1, -0.05) is 20.8 Å². The normalized spacial score (nSPS) is 21.9. The molecule has 1 aliphatic rings. The van der Waals surface area contributed by atoms with Gasteiger partial charge in [-0.2, -0.15) is 5.10 Å². The number of nitrogens with one attached hydrogen (secondary N) is 1. The lowest BCUT2D eigenvalue weighted by molar-refractivity contribution is 0.421. The largest absolute Gasteiger partial charge is 0.355 e. The Hall–Kier alpha value is -1.03. The molecular weight excluding hydrogens is 212 g/mol. The SMILES string of the molecule is CC(C)(C)c1cc(N2CCC[C@@H](CN)C2)n[nH]1. The average molecular weight is 236 g/mol. The van der Waals surface area contributed by atoms with Crippen molar-refractivity contribution in [2.45, 2.75) is 39.0 Å². The molecule has 3 N–H and O–H groups in total. The molecule has 1 aliphatic heterocycles. The highest BCUT2D eigenvalue weighted by Crippen LogP contribution is 2.26. The van der Waals surface area contributed by atoms with Gasteiger partial charge in [0.15, 0.2) is 5.82 Å². The number of nitrogens with zero attached hydrogens (tertiary/aromatic N) is 2. The molecule has 4 heteroatoms. The summed E-state index contributed by atoms with van der Waals surface area (Å²) in [6, 6.07) is 2.18. The lowest BCUT2D eigenvalue weighted by atomic mass is 9.92. The molecule has 1 atom stereocenters. The maximum Gasteiger partial charge on any atom is 0.150 e. The quantitative estimate of drug-likeness (QED) is 0.824. The van der Waals surface area contributed by atoms with Gasteiger partial charge in [-0.25, -0.2) is 0 Å². The first-order valence-corrected chi connectivity index (χ1v) is 6.51. The third-order valence-corrected chi connectivity index (χ3v) is 3.55. The third-order valence-electron chi connectivity index (χ3n) is 3.55. The van der Waals surface area contributed by atoms with Crippen LogP contribution in [0.5, 0.6) is 0 Å². The Morgan fingerprint density at radius 1 is 1.53 bits per heavy atom. The third kappa shape index (κ3) is 2.80. The number of aromatic amines is 1. The Morgan fingerprint density at radius 3 is 2.88 bits per heavy atom. The highest BCUT2D eigenvalue weighted by Gasteiger charge is 2.23. The fourth-order valence-corrected chi connectivity index (χ4v) is 2.32. The smallest absolute Gasteiger partial charge is 0.150 e. The van der Waals surface area contributed by atoms with Gasteiger partial charge in [0.2, 0.25) is 0 Å². The monoisotopic (exact) mass is 236 g/mol. The molecule has 2 rings (SSSR count). The molecule has 4 nitrogen and oxygen atoms in total. The zero-order valence-corrected chi connectivity index (χ0v) is 11.2. The van der Waals surface area contributed by atoms with Crippen LogP contribution in [0, 0.1) is 5.92 Å². The Labute approximate surface area is 104 Å². The van der Waals surface area contributed by atoms with E-state index in [1.54, 1.807) is 0 Å². The number of piperidine rings is 1. The van der Waals surface area contributed by atoms with Crippen molar-refractivity contribution in [3.05, 3.63) is 11.8 Å². The zero-order valence-electron chi connectivity index (χ0n) is 11.2. The molecule has 0 bridgehead atoms. The van der Waals surface area contributed by atoms with Crippen molar-refractivity contribution < 1.29 is 0 Å². The lowest BCUT2D eigenvalue weighted by Crippen LogP contribution is -2.38. The molecule has 0 radical (unpaired) electrons. The summed E-state index contributed by atoms with van der Waals surface area (Å²) in [6.07, 6.45) is 2.48. The Kier molecular flexibility index (Phi) is 3.43. The van der Waals surface area contributed by atoms with Crippen LogP contribution in [0.2, 0.25) is 0 Å². The zero-order chi connectivity index (χ0) is 12.5. The molecule has 1 aromatic rings. The van der Waals surface area contributed by atoms with Gasteiger partial charge >= 0.3 is 0 Å². The number of rotatable bonds is 2. The van der Waals surface area contributed by atoms with E-state index in [0.717, 1.165) is 25.5 Å². The van der Waals surface area contributed by atoms with Gasteiger partial charge in [0, 0.05) is 30.3 Å². The summed E-state index contributed by atoms with van der Waals surface area (Å²) in [5.74, 6) is 1.70. The van der Waals surface area contributed by atoms with E-state index in [1.165, 1.54) is 18.5 Å². The molecule has 17 heavy (non-hydrogen) atoms. The first-order chi connectivity index (χ1) is 8.00. The van der Waals surface area contributed by atoms with Crippen LogP contribution in [0.4, 0.5) is 5.82 Å². The minimum atomic E-state index is 0.133. The topological polar surface area (TPSA) is 57.9 Å². The summed E-state index contributed by atoms with van der Waals surface area (Å²) in [6.45, 7) is 9.53.